The van der Waals surface area contributed by atoms with Gasteiger partial charge in [0.1, 0.15) is 5.52 Å². The first-order valence-electron chi connectivity index (χ1n) is 8.81. The molecule has 26 heavy (non-hydrogen) atoms. The fourth-order valence-electron chi connectivity index (χ4n) is 3.34. The molecule has 0 N–H and O–H groups in total. The molecule has 4 rings (SSSR count). The Balaban J connectivity index is 1.54. The monoisotopic (exact) mass is 352 g/mol. The minimum Gasteiger partial charge on any atom is -0.449 e. The van der Waals surface area contributed by atoms with Crippen molar-refractivity contribution >= 4 is 22.7 Å². The predicted molar refractivity (Wildman–Crippen MR) is 95.5 cm³/mol. The van der Waals surface area contributed by atoms with E-state index in [4.69, 9.17) is 9.47 Å². The molecule has 1 saturated heterocycles. The number of imide groups is 1. The first kappa shape index (κ1) is 16.7. The van der Waals surface area contributed by atoms with Gasteiger partial charge in [0, 0.05) is 30.8 Å². The Bertz CT molecular complexity index is 900. The van der Waals surface area contributed by atoms with Crippen molar-refractivity contribution < 1.29 is 19.1 Å². The molecule has 2 aliphatic rings. The number of nitrogens with zero attached hydrogens (tertiary/aromatic N) is 2. The maximum absolute atomic E-state index is 12.7. The SMILES string of the molecule is Cc1ccc2cccc(OC3=CC(=O)N(CC4CCOCC4)C3=O)c2n1. The first-order valence-corrected chi connectivity index (χ1v) is 8.81. The summed E-state index contributed by atoms with van der Waals surface area (Å²) in [4.78, 5) is 30.7. The summed E-state index contributed by atoms with van der Waals surface area (Å²) in [5.74, 6) is 0.114. The third-order valence-corrected chi connectivity index (χ3v) is 4.80. The zero-order chi connectivity index (χ0) is 18.1. The molecule has 0 aliphatic carbocycles. The van der Waals surface area contributed by atoms with Gasteiger partial charge in [-0.05, 0) is 37.8 Å². The van der Waals surface area contributed by atoms with E-state index in [1.807, 2.05) is 31.2 Å². The smallest absolute Gasteiger partial charge is 0.296 e. The Morgan fingerprint density at radius 3 is 2.81 bits per heavy atom. The Labute approximate surface area is 151 Å². The number of hydrogen-bond donors (Lipinski definition) is 0. The molecule has 0 bridgehead atoms. The number of carbonyl (C=O) groups is 2. The van der Waals surface area contributed by atoms with Crippen molar-refractivity contribution in [1.82, 2.24) is 9.88 Å². The van der Waals surface area contributed by atoms with E-state index in [1.165, 1.54) is 11.0 Å². The van der Waals surface area contributed by atoms with Crippen molar-refractivity contribution in [3.05, 3.63) is 47.9 Å². The van der Waals surface area contributed by atoms with Crippen LogP contribution in [0.25, 0.3) is 10.9 Å². The summed E-state index contributed by atoms with van der Waals surface area (Å²) in [5.41, 5.74) is 1.54. The highest BCUT2D eigenvalue weighted by atomic mass is 16.5. The van der Waals surface area contributed by atoms with Gasteiger partial charge >= 0.3 is 0 Å². The number of ether oxygens (including phenoxy) is 2. The number of para-hydroxylation sites is 1. The minimum absolute atomic E-state index is 0.0536. The van der Waals surface area contributed by atoms with E-state index in [9.17, 15) is 9.59 Å². The fraction of sp³-hybridized carbons (Fsp3) is 0.350. The van der Waals surface area contributed by atoms with E-state index in [-0.39, 0.29) is 23.5 Å². The van der Waals surface area contributed by atoms with Crippen molar-refractivity contribution in [1.29, 1.82) is 0 Å². The van der Waals surface area contributed by atoms with Gasteiger partial charge < -0.3 is 9.47 Å². The van der Waals surface area contributed by atoms with Gasteiger partial charge in [0.05, 0.1) is 6.08 Å². The van der Waals surface area contributed by atoms with Crippen molar-refractivity contribution in [2.75, 3.05) is 19.8 Å². The van der Waals surface area contributed by atoms with Gasteiger partial charge in [0.25, 0.3) is 11.8 Å². The van der Waals surface area contributed by atoms with E-state index in [1.54, 1.807) is 6.07 Å². The molecule has 6 nitrogen and oxygen atoms in total. The Morgan fingerprint density at radius 1 is 1.19 bits per heavy atom. The molecule has 6 heteroatoms. The quantitative estimate of drug-likeness (QED) is 0.791. The fourth-order valence-corrected chi connectivity index (χ4v) is 3.34. The lowest BCUT2D eigenvalue weighted by Gasteiger charge is -2.25. The second kappa shape index (κ2) is 6.88. The highest BCUT2D eigenvalue weighted by Gasteiger charge is 2.35. The third-order valence-electron chi connectivity index (χ3n) is 4.80. The average molecular weight is 352 g/mol. The normalized spacial score (nSPS) is 18.5. The van der Waals surface area contributed by atoms with Crippen LogP contribution in [-0.2, 0) is 14.3 Å². The lowest BCUT2D eigenvalue weighted by Crippen LogP contribution is -2.37. The van der Waals surface area contributed by atoms with Crippen LogP contribution in [0.5, 0.6) is 5.75 Å². The van der Waals surface area contributed by atoms with Crippen LogP contribution < -0.4 is 4.74 Å². The predicted octanol–water partition coefficient (Wildman–Crippen LogP) is 2.60. The molecule has 2 amide bonds. The molecule has 1 aromatic carbocycles. The van der Waals surface area contributed by atoms with Gasteiger partial charge in [-0.2, -0.15) is 0 Å². The number of benzene rings is 1. The summed E-state index contributed by atoms with van der Waals surface area (Å²) in [6.45, 7) is 3.67. The molecule has 1 aromatic heterocycles. The van der Waals surface area contributed by atoms with E-state index in [0.29, 0.717) is 31.0 Å². The molecule has 0 radical (unpaired) electrons. The Hall–Kier alpha value is -2.73. The van der Waals surface area contributed by atoms with Crippen LogP contribution in [0.1, 0.15) is 18.5 Å². The largest absolute Gasteiger partial charge is 0.449 e. The van der Waals surface area contributed by atoms with E-state index < -0.39 is 0 Å². The molecule has 2 aromatic rings. The standard InChI is InChI=1S/C20H20N2O4/c1-13-5-6-15-3-2-4-16(19(15)21-13)26-17-11-18(23)22(20(17)24)12-14-7-9-25-10-8-14/h2-6,11,14H,7-10,12H2,1H3. The van der Waals surface area contributed by atoms with Crippen molar-refractivity contribution in [2.45, 2.75) is 19.8 Å². The number of aryl methyl sites for hydroxylation is 1. The number of hydrogen-bond acceptors (Lipinski definition) is 5. The topological polar surface area (TPSA) is 68.7 Å². The number of fused-ring (bicyclic) bond motifs is 1. The van der Waals surface area contributed by atoms with Gasteiger partial charge in [-0.25, -0.2) is 4.98 Å². The molecule has 0 unspecified atom stereocenters. The van der Waals surface area contributed by atoms with Crippen LogP contribution in [0.4, 0.5) is 0 Å². The van der Waals surface area contributed by atoms with Crippen molar-refractivity contribution in [3.8, 4) is 5.75 Å². The summed E-state index contributed by atoms with van der Waals surface area (Å²) in [6, 6.07) is 9.41. The molecule has 0 spiro atoms. The second-order valence-electron chi connectivity index (χ2n) is 6.70. The van der Waals surface area contributed by atoms with Crippen molar-refractivity contribution in [3.63, 3.8) is 0 Å². The van der Waals surface area contributed by atoms with E-state index in [2.05, 4.69) is 4.98 Å². The average Bonchev–Trinajstić information content (AvgIpc) is 2.91. The summed E-state index contributed by atoms with van der Waals surface area (Å²) in [6.07, 6.45) is 3.00. The highest BCUT2D eigenvalue weighted by molar-refractivity contribution is 6.15. The molecular weight excluding hydrogens is 332 g/mol. The van der Waals surface area contributed by atoms with Crippen LogP contribution in [-0.4, -0.2) is 41.5 Å². The summed E-state index contributed by atoms with van der Waals surface area (Å²) >= 11 is 0. The van der Waals surface area contributed by atoms with Gasteiger partial charge in [-0.1, -0.05) is 18.2 Å². The number of aromatic nitrogens is 1. The molecule has 1 fully saturated rings. The summed E-state index contributed by atoms with van der Waals surface area (Å²) < 4.78 is 11.1. The van der Waals surface area contributed by atoms with Crippen LogP contribution in [0.15, 0.2) is 42.2 Å². The maximum Gasteiger partial charge on any atom is 0.296 e. The van der Waals surface area contributed by atoms with Gasteiger partial charge in [0.2, 0.25) is 0 Å². The van der Waals surface area contributed by atoms with Crippen LogP contribution in [0.2, 0.25) is 0 Å². The number of amides is 2. The van der Waals surface area contributed by atoms with Gasteiger partial charge in [-0.3, -0.25) is 14.5 Å². The summed E-state index contributed by atoms with van der Waals surface area (Å²) in [5, 5.41) is 0.921. The zero-order valence-corrected chi connectivity index (χ0v) is 14.6. The number of rotatable bonds is 4. The molecule has 2 aliphatic heterocycles. The van der Waals surface area contributed by atoms with E-state index in [0.717, 1.165) is 23.9 Å². The molecule has 3 heterocycles. The number of carbonyl (C=O) groups excluding carboxylic acids is 2. The molecular formula is C20H20N2O4. The molecule has 0 atom stereocenters. The lowest BCUT2D eigenvalue weighted by molar-refractivity contribution is -0.139. The second-order valence-corrected chi connectivity index (χ2v) is 6.70. The molecule has 0 saturated carbocycles. The molecule has 134 valence electrons. The lowest BCUT2D eigenvalue weighted by atomic mass is 10.00. The van der Waals surface area contributed by atoms with Crippen LogP contribution in [0.3, 0.4) is 0 Å². The third kappa shape index (κ3) is 3.20. The number of pyridine rings is 1. The van der Waals surface area contributed by atoms with Gasteiger partial charge in [0.15, 0.2) is 11.5 Å². The summed E-state index contributed by atoms with van der Waals surface area (Å²) in [7, 11) is 0. The van der Waals surface area contributed by atoms with Gasteiger partial charge in [-0.15, -0.1) is 0 Å². The van der Waals surface area contributed by atoms with Crippen molar-refractivity contribution in [2.24, 2.45) is 5.92 Å². The van der Waals surface area contributed by atoms with E-state index >= 15 is 0 Å². The Morgan fingerprint density at radius 2 is 2.00 bits per heavy atom. The first-order chi connectivity index (χ1) is 12.6. The minimum atomic E-state index is -0.383. The zero-order valence-electron chi connectivity index (χ0n) is 14.6. The van der Waals surface area contributed by atoms with Crippen LogP contribution >= 0.6 is 0 Å². The maximum atomic E-state index is 12.7. The highest BCUT2D eigenvalue weighted by Crippen LogP contribution is 2.28. The Kier molecular flexibility index (Phi) is 4.42. The van der Waals surface area contributed by atoms with Crippen LogP contribution in [0, 0.1) is 12.8 Å².